The fraction of sp³-hybridized carbons (Fsp3) is 0.381. The van der Waals surface area contributed by atoms with Crippen LogP contribution in [0.3, 0.4) is 0 Å². The van der Waals surface area contributed by atoms with Gasteiger partial charge in [0.2, 0.25) is 12.0 Å². The van der Waals surface area contributed by atoms with Crippen molar-refractivity contribution >= 4 is 17.5 Å². The minimum Gasteiger partial charge on any atom is -0.493 e. The van der Waals surface area contributed by atoms with Gasteiger partial charge in [-0.3, -0.25) is 14.8 Å². The lowest BCUT2D eigenvalue weighted by atomic mass is 9.77. The number of methoxy groups -OCH3 is 1. The van der Waals surface area contributed by atoms with Crippen LogP contribution in [0.5, 0.6) is 5.75 Å². The van der Waals surface area contributed by atoms with E-state index >= 15 is 0 Å². The first-order chi connectivity index (χ1) is 15.7. The highest BCUT2D eigenvalue weighted by atomic mass is 19.4. The molecule has 3 rings (SSSR count). The molecule has 1 fully saturated rings. The minimum atomic E-state index is -4.92. The lowest BCUT2D eigenvalue weighted by molar-refractivity contribution is -0.905. The molecule has 0 radical (unpaired) electrons. The van der Waals surface area contributed by atoms with Crippen molar-refractivity contribution in [2.75, 3.05) is 12.4 Å². The lowest BCUT2D eigenvalue weighted by Gasteiger charge is -2.32. The average Bonchev–Trinajstić information content (AvgIpc) is 3.03. The highest BCUT2D eigenvalue weighted by Crippen LogP contribution is 2.54. The van der Waals surface area contributed by atoms with E-state index < -0.39 is 64.6 Å². The van der Waals surface area contributed by atoms with Gasteiger partial charge in [0.05, 0.1) is 12.8 Å². The third kappa shape index (κ3) is 4.11. The molecule has 1 aromatic heterocycles. The summed E-state index contributed by atoms with van der Waals surface area (Å²) in [5.41, 5.74) is 1.61. The maximum atomic E-state index is 14.4. The Morgan fingerprint density at radius 2 is 1.91 bits per heavy atom. The molecule has 0 saturated carbocycles. The van der Waals surface area contributed by atoms with E-state index in [9.17, 15) is 36.7 Å². The number of alkyl halides is 3. The largest absolute Gasteiger partial charge is 0.493 e. The van der Waals surface area contributed by atoms with Crippen molar-refractivity contribution in [2.24, 2.45) is 11.7 Å². The Morgan fingerprint density at radius 1 is 1.26 bits per heavy atom. The second-order valence-electron chi connectivity index (χ2n) is 7.94. The summed E-state index contributed by atoms with van der Waals surface area (Å²) in [6.07, 6.45) is -5.76. The van der Waals surface area contributed by atoms with Gasteiger partial charge in [-0.25, -0.2) is 4.39 Å². The van der Waals surface area contributed by atoms with Gasteiger partial charge in [0.15, 0.2) is 17.2 Å². The van der Waals surface area contributed by atoms with Crippen molar-refractivity contribution in [2.45, 2.75) is 37.6 Å². The number of aromatic nitrogens is 1. The van der Waals surface area contributed by atoms with Crippen LogP contribution in [0.4, 0.5) is 27.6 Å². The van der Waals surface area contributed by atoms with Gasteiger partial charge >= 0.3 is 17.8 Å². The van der Waals surface area contributed by atoms with Crippen LogP contribution in [-0.4, -0.2) is 42.0 Å². The number of nitrogens with one attached hydrogen (secondary N) is 1. The Balaban J connectivity index is 2.08. The number of amides is 2. The van der Waals surface area contributed by atoms with Crippen molar-refractivity contribution in [3.8, 4) is 5.75 Å². The molecule has 1 saturated heterocycles. The molecule has 8 nitrogen and oxygen atoms in total. The van der Waals surface area contributed by atoms with Gasteiger partial charge < -0.3 is 20.5 Å². The average molecular weight is 490 g/mol. The smallest absolute Gasteiger partial charge is 0.417 e. The third-order valence-electron chi connectivity index (χ3n) is 6.02. The fourth-order valence-corrected chi connectivity index (χ4v) is 4.01. The number of anilines is 1. The molecule has 0 bridgehead atoms. The number of hydrogen-bond acceptors (Lipinski definition) is 5. The van der Waals surface area contributed by atoms with E-state index in [0.717, 1.165) is 38.4 Å². The number of carbonyl (C=O) groups excluding carboxylic acids is 2. The summed E-state index contributed by atoms with van der Waals surface area (Å²) in [6, 6.07) is 3.90. The van der Waals surface area contributed by atoms with E-state index in [2.05, 4.69) is 5.32 Å². The molecule has 1 aliphatic heterocycles. The summed E-state index contributed by atoms with van der Waals surface area (Å²) < 4.78 is 80.5. The van der Waals surface area contributed by atoms with E-state index in [4.69, 9.17) is 15.2 Å². The topological polar surface area (TPSA) is 115 Å². The predicted octanol–water partition coefficient (Wildman–Crippen LogP) is 2.68. The van der Waals surface area contributed by atoms with Gasteiger partial charge in [0, 0.05) is 34.3 Å². The van der Waals surface area contributed by atoms with Crippen LogP contribution in [0, 0.1) is 17.6 Å². The first-order valence-electron chi connectivity index (χ1n) is 9.85. The van der Waals surface area contributed by atoms with Gasteiger partial charge in [0.1, 0.15) is 6.10 Å². The Morgan fingerprint density at radius 3 is 2.47 bits per heavy atom. The van der Waals surface area contributed by atoms with Gasteiger partial charge in [0.25, 0.3) is 5.91 Å². The second-order valence-corrected chi connectivity index (χ2v) is 7.94. The van der Waals surface area contributed by atoms with E-state index in [1.165, 1.54) is 6.92 Å². The Bertz CT molecular complexity index is 1140. The molecule has 13 heteroatoms. The molecule has 0 aliphatic carbocycles. The molecule has 0 spiro atoms. The normalized spacial score (nSPS) is 24.6. The van der Waals surface area contributed by atoms with Gasteiger partial charge in [-0.05, 0) is 13.0 Å². The Kier molecular flexibility index (Phi) is 6.44. The number of primary amides is 1. The zero-order chi connectivity index (χ0) is 25.6. The molecular formula is C21H21F5N3O5+. The molecule has 1 aromatic carbocycles. The van der Waals surface area contributed by atoms with Crippen LogP contribution in [0.15, 0.2) is 30.5 Å². The molecule has 4 atom stereocenters. The van der Waals surface area contributed by atoms with E-state index in [1.807, 2.05) is 0 Å². The van der Waals surface area contributed by atoms with Crippen LogP contribution in [-0.2, 0) is 9.53 Å². The first-order valence-corrected chi connectivity index (χ1v) is 9.85. The van der Waals surface area contributed by atoms with Gasteiger partial charge in [-0.15, -0.1) is 0 Å². The number of nitrogens with zero attached hydrogens (tertiary/aromatic N) is 1. The summed E-state index contributed by atoms with van der Waals surface area (Å²) in [7, 11) is 1.01. The van der Waals surface area contributed by atoms with Crippen LogP contribution in [0.2, 0.25) is 0 Å². The quantitative estimate of drug-likeness (QED) is 0.339. The van der Waals surface area contributed by atoms with Gasteiger partial charge in [-0.2, -0.15) is 17.6 Å². The van der Waals surface area contributed by atoms with Crippen molar-refractivity contribution in [1.29, 1.82) is 0 Å². The molecular weight excluding hydrogens is 469 g/mol. The predicted molar refractivity (Wildman–Crippen MR) is 105 cm³/mol. The van der Waals surface area contributed by atoms with E-state index in [1.54, 1.807) is 0 Å². The summed E-state index contributed by atoms with van der Waals surface area (Å²) >= 11 is 0. The number of ether oxygens (including phenoxy) is 2. The van der Waals surface area contributed by atoms with Crippen molar-refractivity contribution in [3.63, 3.8) is 0 Å². The summed E-state index contributed by atoms with van der Waals surface area (Å²) in [4.78, 5) is 24.5. The van der Waals surface area contributed by atoms with Crippen LogP contribution < -0.4 is 20.5 Å². The number of pyridine rings is 1. The summed E-state index contributed by atoms with van der Waals surface area (Å²) in [6.45, 7) is 1.93. The molecule has 2 aromatic rings. The zero-order valence-electron chi connectivity index (χ0n) is 18.1. The number of carbonyl (C=O) groups is 2. The maximum absolute atomic E-state index is 14.4. The summed E-state index contributed by atoms with van der Waals surface area (Å²) in [5, 5.41) is 11.9. The van der Waals surface area contributed by atoms with Crippen LogP contribution in [0.1, 0.15) is 35.8 Å². The molecule has 2 heterocycles. The standard InChI is InChI=1S/C21H20F5N3O5/c1-9-14(11-4-5-12(22)15(23)16(11)33-3)17(34-20(9,2)21(24,25)26)19(31)28-10-6-7-29(32)13(8-10)18(27)30/h4-9,14,17,32H,1-3H3,(H2,27,30)/p+1/t9?,14-,17+,20-/m0/s1. The molecule has 1 aliphatic rings. The van der Waals surface area contributed by atoms with E-state index in [0.29, 0.717) is 10.8 Å². The van der Waals surface area contributed by atoms with Crippen LogP contribution in [0.25, 0.3) is 0 Å². The summed E-state index contributed by atoms with van der Waals surface area (Å²) in [5.74, 6) is -8.30. The zero-order valence-corrected chi connectivity index (χ0v) is 18.1. The number of nitrogens with two attached hydrogens (primary N) is 1. The third-order valence-corrected chi connectivity index (χ3v) is 6.02. The first kappa shape index (κ1) is 25.1. The molecule has 4 N–H and O–H groups in total. The number of rotatable bonds is 5. The molecule has 2 amide bonds. The van der Waals surface area contributed by atoms with E-state index in [-0.39, 0.29) is 11.3 Å². The van der Waals surface area contributed by atoms with Gasteiger partial charge in [-0.1, -0.05) is 13.0 Å². The Hall–Kier alpha value is -3.48. The molecule has 1 unspecified atom stereocenters. The van der Waals surface area contributed by atoms with Crippen molar-refractivity contribution in [1.82, 2.24) is 0 Å². The molecule has 184 valence electrons. The number of hydrogen-bond donors (Lipinski definition) is 3. The maximum Gasteiger partial charge on any atom is 0.417 e. The highest BCUT2D eigenvalue weighted by Gasteiger charge is 2.65. The fourth-order valence-electron chi connectivity index (χ4n) is 4.01. The highest BCUT2D eigenvalue weighted by molar-refractivity contribution is 5.97. The number of benzene rings is 1. The Labute approximate surface area is 190 Å². The SMILES string of the molecule is COc1c([C@@H]2C(C)[C@@](C)(C(F)(F)F)O[C@H]2C(=O)Nc2cc[n+](O)c(C(N)=O)c2)ccc(F)c1F. The minimum absolute atomic E-state index is 0.0861. The molecule has 34 heavy (non-hydrogen) atoms. The monoisotopic (exact) mass is 490 g/mol. The number of halogens is 5. The van der Waals surface area contributed by atoms with Crippen molar-refractivity contribution < 1.29 is 51.0 Å². The van der Waals surface area contributed by atoms with Crippen LogP contribution >= 0.6 is 0 Å². The second kappa shape index (κ2) is 8.70. The lowest BCUT2D eigenvalue weighted by Crippen LogP contribution is -2.47. The van der Waals surface area contributed by atoms with Crippen molar-refractivity contribution in [3.05, 3.63) is 53.4 Å².